The Bertz CT molecular complexity index is 805. The first-order chi connectivity index (χ1) is 12.6. The number of hydrogen-bond acceptors (Lipinski definition) is 6. The summed E-state index contributed by atoms with van der Waals surface area (Å²) in [7, 11) is 0. The van der Waals surface area contributed by atoms with Crippen LogP contribution in [0.4, 0.5) is 5.69 Å². The molecule has 2 aromatic rings. The molecule has 0 aromatic heterocycles. The van der Waals surface area contributed by atoms with Gasteiger partial charge in [0.2, 0.25) is 12.1 Å². The summed E-state index contributed by atoms with van der Waals surface area (Å²) < 4.78 is 16.1. The van der Waals surface area contributed by atoms with E-state index < -0.39 is 12.1 Å². The van der Waals surface area contributed by atoms with E-state index in [0.29, 0.717) is 5.75 Å². The summed E-state index contributed by atoms with van der Waals surface area (Å²) in [6.45, 7) is 1.92. The first kappa shape index (κ1) is 17.9. The Morgan fingerprint density at radius 2 is 2.04 bits per heavy atom. The van der Waals surface area contributed by atoms with Gasteiger partial charge in [-0.15, -0.1) is 0 Å². The van der Waals surface area contributed by atoms with Crippen molar-refractivity contribution < 1.29 is 28.9 Å². The van der Waals surface area contributed by atoms with E-state index in [1.54, 1.807) is 13.0 Å². The molecular weight excluding hydrogens is 338 g/mol. The van der Waals surface area contributed by atoms with Gasteiger partial charge in [-0.1, -0.05) is 30.3 Å². The van der Waals surface area contributed by atoms with Gasteiger partial charge >= 0.3 is 0 Å². The SMILES string of the molecule is CCOC(O)C(=O)c1ccc(OCc2ccccc2)c2c1OCC(=O)N2. The Hall–Kier alpha value is -2.90. The average Bonchev–Trinajstić information content (AvgIpc) is 2.66. The number of ether oxygens (including phenoxy) is 3. The monoisotopic (exact) mass is 357 g/mol. The summed E-state index contributed by atoms with van der Waals surface area (Å²) in [5.74, 6) is -0.454. The summed E-state index contributed by atoms with van der Waals surface area (Å²) in [5.41, 5.74) is 1.34. The van der Waals surface area contributed by atoms with Gasteiger partial charge in [0.25, 0.3) is 5.91 Å². The molecule has 1 amide bonds. The van der Waals surface area contributed by atoms with Crippen molar-refractivity contribution >= 4 is 17.4 Å². The second-order valence-electron chi connectivity index (χ2n) is 5.60. The van der Waals surface area contributed by atoms with Crippen LogP contribution < -0.4 is 14.8 Å². The highest BCUT2D eigenvalue weighted by molar-refractivity contribution is 6.06. The minimum absolute atomic E-state index is 0.119. The topological polar surface area (TPSA) is 94.1 Å². The Morgan fingerprint density at radius 1 is 1.27 bits per heavy atom. The van der Waals surface area contributed by atoms with Crippen molar-refractivity contribution in [1.29, 1.82) is 0 Å². The van der Waals surface area contributed by atoms with Crippen molar-refractivity contribution in [2.75, 3.05) is 18.5 Å². The van der Waals surface area contributed by atoms with E-state index in [2.05, 4.69) is 5.32 Å². The highest BCUT2D eigenvalue weighted by Gasteiger charge is 2.29. The number of Topliss-reactive ketones (excluding diaryl/α,β-unsaturated/α-hetero) is 1. The summed E-state index contributed by atoms with van der Waals surface area (Å²) >= 11 is 0. The number of amides is 1. The average molecular weight is 357 g/mol. The van der Waals surface area contributed by atoms with Gasteiger partial charge < -0.3 is 24.6 Å². The van der Waals surface area contributed by atoms with Gasteiger partial charge in [-0.2, -0.15) is 0 Å². The number of hydrogen-bond donors (Lipinski definition) is 2. The number of aliphatic hydroxyl groups excluding tert-OH is 1. The fourth-order valence-corrected chi connectivity index (χ4v) is 2.56. The highest BCUT2D eigenvalue weighted by Crippen LogP contribution is 2.40. The van der Waals surface area contributed by atoms with Gasteiger partial charge in [0.05, 0.1) is 5.56 Å². The summed E-state index contributed by atoms with van der Waals surface area (Å²) in [6.07, 6.45) is -1.60. The molecule has 1 atom stereocenters. The minimum Gasteiger partial charge on any atom is -0.487 e. The van der Waals surface area contributed by atoms with Crippen molar-refractivity contribution in [2.24, 2.45) is 0 Å². The van der Waals surface area contributed by atoms with Gasteiger partial charge in [-0.25, -0.2) is 0 Å². The fourth-order valence-electron chi connectivity index (χ4n) is 2.56. The summed E-state index contributed by atoms with van der Waals surface area (Å²) in [5, 5.41) is 12.5. The third-order valence-electron chi connectivity index (χ3n) is 3.78. The van der Waals surface area contributed by atoms with Crippen LogP contribution in [0.3, 0.4) is 0 Å². The van der Waals surface area contributed by atoms with Gasteiger partial charge in [0.1, 0.15) is 18.0 Å². The van der Waals surface area contributed by atoms with Crippen LogP contribution in [0.15, 0.2) is 42.5 Å². The largest absolute Gasteiger partial charge is 0.487 e. The lowest BCUT2D eigenvalue weighted by atomic mass is 10.1. The quantitative estimate of drug-likeness (QED) is 0.582. The predicted molar refractivity (Wildman–Crippen MR) is 93.3 cm³/mol. The number of benzene rings is 2. The molecule has 3 rings (SSSR count). The zero-order chi connectivity index (χ0) is 18.5. The summed E-state index contributed by atoms with van der Waals surface area (Å²) in [6, 6.07) is 12.6. The van der Waals surface area contributed by atoms with E-state index in [1.807, 2.05) is 30.3 Å². The third kappa shape index (κ3) is 3.84. The van der Waals surface area contributed by atoms with Gasteiger partial charge in [0.15, 0.2) is 12.4 Å². The predicted octanol–water partition coefficient (Wildman–Crippen LogP) is 2.13. The maximum atomic E-state index is 12.4. The molecule has 26 heavy (non-hydrogen) atoms. The number of rotatable bonds is 7. The van der Waals surface area contributed by atoms with Crippen molar-refractivity contribution in [2.45, 2.75) is 19.8 Å². The molecule has 0 saturated heterocycles. The number of carbonyl (C=O) groups is 2. The van der Waals surface area contributed by atoms with Crippen LogP contribution in [0.25, 0.3) is 0 Å². The fraction of sp³-hybridized carbons (Fsp3) is 0.263. The van der Waals surface area contributed by atoms with E-state index in [-0.39, 0.29) is 42.7 Å². The first-order valence-electron chi connectivity index (χ1n) is 8.20. The Kier molecular flexibility index (Phi) is 5.50. The van der Waals surface area contributed by atoms with Crippen LogP contribution in [0.2, 0.25) is 0 Å². The van der Waals surface area contributed by atoms with Gasteiger partial charge in [0, 0.05) is 6.61 Å². The molecular formula is C19H19NO6. The van der Waals surface area contributed by atoms with Crippen molar-refractivity contribution in [3.63, 3.8) is 0 Å². The maximum Gasteiger partial charge on any atom is 0.262 e. The smallest absolute Gasteiger partial charge is 0.262 e. The third-order valence-corrected chi connectivity index (χ3v) is 3.78. The number of fused-ring (bicyclic) bond motifs is 1. The van der Waals surface area contributed by atoms with E-state index in [4.69, 9.17) is 14.2 Å². The minimum atomic E-state index is -1.60. The molecule has 1 unspecified atom stereocenters. The lowest BCUT2D eigenvalue weighted by Gasteiger charge is -2.23. The lowest BCUT2D eigenvalue weighted by Crippen LogP contribution is -2.29. The van der Waals surface area contributed by atoms with E-state index in [0.717, 1.165) is 5.56 Å². The van der Waals surface area contributed by atoms with Crippen molar-refractivity contribution in [3.8, 4) is 11.5 Å². The molecule has 7 nitrogen and oxygen atoms in total. The van der Waals surface area contributed by atoms with Crippen molar-refractivity contribution in [1.82, 2.24) is 0 Å². The molecule has 2 aromatic carbocycles. The zero-order valence-corrected chi connectivity index (χ0v) is 14.2. The van der Waals surface area contributed by atoms with Crippen LogP contribution in [0, 0.1) is 0 Å². The molecule has 1 aliphatic heterocycles. The van der Waals surface area contributed by atoms with E-state index >= 15 is 0 Å². The van der Waals surface area contributed by atoms with Gasteiger partial charge in [-0.3, -0.25) is 9.59 Å². The van der Waals surface area contributed by atoms with Crippen molar-refractivity contribution in [3.05, 3.63) is 53.6 Å². The Labute approximate surface area is 150 Å². The van der Waals surface area contributed by atoms with Gasteiger partial charge in [-0.05, 0) is 24.6 Å². The molecule has 0 spiro atoms. The molecule has 0 bridgehead atoms. The standard InChI is InChI=1S/C19H19NO6/c1-2-24-19(23)17(22)13-8-9-14(16-18(13)26-11-15(21)20-16)25-10-12-6-4-3-5-7-12/h3-9,19,23H,2,10-11H2,1H3,(H,20,21). The number of carbonyl (C=O) groups excluding carboxylic acids is 2. The Morgan fingerprint density at radius 3 is 2.77 bits per heavy atom. The molecule has 1 aliphatic rings. The number of ketones is 1. The first-order valence-corrected chi connectivity index (χ1v) is 8.20. The molecule has 0 saturated carbocycles. The number of anilines is 1. The van der Waals surface area contributed by atoms with Crippen LogP contribution in [-0.2, 0) is 16.1 Å². The molecule has 136 valence electrons. The highest BCUT2D eigenvalue weighted by atomic mass is 16.6. The normalized spacial score (nSPS) is 14.0. The number of aliphatic hydroxyl groups is 1. The zero-order valence-electron chi connectivity index (χ0n) is 14.2. The maximum absolute atomic E-state index is 12.4. The molecule has 0 radical (unpaired) electrons. The molecule has 2 N–H and O–H groups in total. The second kappa shape index (κ2) is 7.99. The Balaban J connectivity index is 1.89. The number of nitrogens with one attached hydrogen (secondary N) is 1. The van der Waals surface area contributed by atoms with Crippen LogP contribution in [0.1, 0.15) is 22.8 Å². The van der Waals surface area contributed by atoms with Crippen LogP contribution in [0.5, 0.6) is 11.5 Å². The summed E-state index contributed by atoms with van der Waals surface area (Å²) in [4.78, 5) is 24.1. The van der Waals surface area contributed by atoms with Crippen LogP contribution in [-0.4, -0.2) is 36.3 Å². The molecule has 0 aliphatic carbocycles. The van der Waals surface area contributed by atoms with E-state index in [9.17, 15) is 14.7 Å². The van der Waals surface area contributed by atoms with Crippen LogP contribution >= 0.6 is 0 Å². The van der Waals surface area contributed by atoms with E-state index in [1.165, 1.54) is 6.07 Å². The second-order valence-corrected chi connectivity index (χ2v) is 5.60. The lowest BCUT2D eigenvalue weighted by molar-refractivity contribution is -0.118. The molecule has 7 heteroatoms. The molecule has 0 fully saturated rings. The molecule has 1 heterocycles.